The summed E-state index contributed by atoms with van der Waals surface area (Å²) >= 11 is 0. The Hall–Kier alpha value is -3.46. The Labute approximate surface area is 151 Å². The van der Waals surface area contributed by atoms with Crippen molar-refractivity contribution < 1.29 is 23.7 Å². The lowest BCUT2D eigenvalue weighted by Crippen LogP contribution is -2.00. The van der Waals surface area contributed by atoms with Crippen molar-refractivity contribution in [1.82, 2.24) is 0 Å². The number of carbonyl (C=O) groups is 1. The number of ketones is 1. The Morgan fingerprint density at radius 3 is 2.62 bits per heavy atom. The van der Waals surface area contributed by atoms with Gasteiger partial charge in [-0.05, 0) is 42.3 Å². The minimum atomic E-state index is -0.195. The van der Waals surface area contributed by atoms with Crippen molar-refractivity contribution in [1.29, 1.82) is 5.26 Å². The molecule has 1 heterocycles. The van der Waals surface area contributed by atoms with Crippen molar-refractivity contribution in [2.24, 2.45) is 0 Å². The molecular formula is C20H17NO5. The molecule has 132 valence electrons. The van der Waals surface area contributed by atoms with Crippen molar-refractivity contribution in [3.05, 3.63) is 52.8 Å². The van der Waals surface area contributed by atoms with Gasteiger partial charge in [0.25, 0.3) is 0 Å². The molecule has 0 radical (unpaired) electrons. The molecule has 2 aromatic rings. The summed E-state index contributed by atoms with van der Waals surface area (Å²) in [6.45, 7) is 1.74. The highest BCUT2D eigenvalue weighted by Crippen LogP contribution is 2.38. The van der Waals surface area contributed by atoms with Gasteiger partial charge in [0.1, 0.15) is 17.6 Å². The Morgan fingerprint density at radius 1 is 1.15 bits per heavy atom. The number of methoxy groups -OCH3 is 2. The summed E-state index contributed by atoms with van der Waals surface area (Å²) in [4.78, 5) is 12.7. The van der Waals surface area contributed by atoms with E-state index in [9.17, 15) is 4.79 Å². The van der Waals surface area contributed by atoms with Gasteiger partial charge in [-0.2, -0.15) is 5.26 Å². The Morgan fingerprint density at radius 2 is 1.92 bits per heavy atom. The monoisotopic (exact) mass is 351 g/mol. The van der Waals surface area contributed by atoms with E-state index in [4.69, 9.17) is 24.2 Å². The minimum absolute atomic E-state index is 0.0689. The molecule has 0 spiro atoms. The van der Waals surface area contributed by atoms with Gasteiger partial charge in [0.05, 0.1) is 19.8 Å². The van der Waals surface area contributed by atoms with Gasteiger partial charge in [0.15, 0.2) is 23.9 Å². The van der Waals surface area contributed by atoms with Crippen LogP contribution in [-0.2, 0) is 0 Å². The summed E-state index contributed by atoms with van der Waals surface area (Å²) in [5.74, 6) is 2.10. The molecular weight excluding hydrogens is 334 g/mol. The topological polar surface area (TPSA) is 77.8 Å². The maximum atomic E-state index is 12.7. The molecule has 0 N–H and O–H groups in total. The number of carbonyl (C=O) groups excluding carboxylic acids is 1. The average molecular weight is 351 g/mol. The van der Waals surface area contributed by atoms with E-state index in [2.05, 4.69) is 0 Å². The van der Waals surface area contributed by atoms with Crippen LogP contribution in [0.4, 0.5) is 0 Å². The van der Waals surface area contributed by atoms with E-state index in [0.717, 1.165) is 11.1 Å². The fourth-order valence-electron chi connectivity index (χ4n) is 2.77. The van der Waals surface area contributed by atoms with Crippen LogP contribution in [-0.4, -0.2) is 26.6 Å². The first-order valence-corrected chi connectivity index (χ1v) is 7.88. The van der Waals surface area contributed by atoms with Crippen molar-refractivity contribution in [2.75, 3.05) is 20.8 Å². The first kappa shape index (κ1) is 17.4. The van der Waals surface area contributed by atoms with E-state index >= 15 is 0 Å². The van der Waals surface area contributed by atoms with Gasteiger partial charge >= 0.3 is 0 Å². The lowest BCUT2D eigenvalue weighted by atomic mass is 10.0. The van der Waals surface area contributed by atoms with Crippen molar-refractivity contribution in [2.45, 2.75) is 6.92 Å². The number of aryl methyl sites for hydroxylation is 1. The van der Waals surface area contributed by atoms with Crippen LogP contribution >= 0.6 is 0 Å². The summed E-state index contributed by atoms with van der Waals surface area (Å²) in [6, 6.07) is 10.6. The number of ether oxygens (including phenoxy) is 4. The van der Waals surface area contributed by atoms with Crippen LogP contribution in [0, 0.1) is 18.3 Å². The highest BCUT2D eigenvalue weighted by atomic mass is 16.5. The van der Waals surface area contributed by atoms with Crippen LogP contribution < -0.4 is 18.9 Å². The third-order valence-electron chi connectivity index (χ3n) is 3.95. The molecule has 1 aliphatic heterocycles. The highest BCUT2D eigenvalue weighted by molar-refractivity contribution is 6.15. The Kier molecular flexibility index (Phi) is 4.81. The number of fused-ring (bicyclic) bond motifs is 1. The molecule has 0 saturated carbocycles. The van der Waals surface area contributed by atoms with Crippen LogP contribution in [0.25, 0.3) is 6.08 Å². The second-order valence-electron chi connectivity index (χ2n) is 5.61. The summed E-state index contributed by atoms with van der Waals surface area (Å²) < 4.78 is 21.5. The smallest absolute Gasteiger partial charge is 0.232 e. The molecule has 26 heavy (non-hydrogen) atoms. The van der Waals surface area contributed by atoms with Gasteiger partial charge in [0.2, 0.25) is 5.78 Å². The van der Waals surface area contributed by atoms with Gasteiger partial charge in [-0.3, -0.25) is 4.79 Å². The number of nitrogens with zero attached hydrogens (tertiary/aromatic N) is 1. The van der Waals surface area contributed by atoms with Crippen molar-refractivity contribution in [3.8, 4) is 29.1 Å². The molecule has 2 aromatic carbocycles. The van der Waals surface area contributed by atoms with Gasteiger partial charge in [-0.1, -0.05) is 6.07 Å². The molecule has 0 saturated heterocycles. The highest BCUT2D eigenvalue weighted by Gasteiger charge is 2.30. The lowest BCUT2D eigenvalue weighted by molar-refractivity contribution is 0.101. The van der Waals surface area contributed by atoms with Gasteiger partial charge in [-0.25, -0.2) is 0 Å². The first-order valence-electron chi connectivity index (χ1n) is 7.88. The maximum absolute atomic E-state index is 12.7. The largest absolute Gasteiger partial charge is 0.493 e. The van der Waals surface area contributed by atoms with E-state index in [1.807, 2.05) is 12.1 Å². The number of allylic oxidation sites excluding steroid dienone is 1. The molecule has 0 aromatic heterocycles. The second-order valence-corrected chi connectivity index (χ2v) is 5.61. The summed E-state index contributed by atoms with van der Waals surface area (Å²) in [5.41, 5.74) is 1.98. The third kappa shape index (κ3) is 3.20. The van der Waals surface area contributed by atoms with Gasteiger partial charge < -0.3 is 18.9 Å². The predicted octanol–water partition coefficient (Wildman–Crippen LogP) is 3.53. The van der Waals surface area contributed by atoms with Crippen molar-refractivity contribution >= 4 is 11.9 Å². The number of Topliss-reactive ketones (excluding diaryl/α,β-unsaturated/α-hetero) is 1. The molecule has 0 aliphatic carbocycles. The van der Waals surface area contributed by atoms with Crippen LogP contribution in [0.2, 0.25) is 0 Å². The van der Waals surface area contributed by atoms with Crippen LogP contribution in [0.1, 0.15) is 21.5 Å². The summed E-state index contributed by atoms with van der Waals surface area (Å²) in [6.07, 6.45) is 1.65. The standard InChI is InChI=1S/C20H17NO5/c1-12-8-14(25-7-6-21)11-17-19(12)20(22)18(26-17)10-13-4-5-15(23-2)16(9-13)24-3/h4-5,8-11H,7H2,1-3H3/b18-10-. The average Bonchev–Trinajstić information content (AvgIpc) is 2.95. The molecule has 3 rings (SSSR count). The summed E-state index contributed by atoms with van der Waals surface area (Å²) in [5, 5.41) is 8.63. The normalized spacial score (nSPS) is 13.8. The molecule has 0 unspecified atom stereocenters. The fraction of sp³-hybridized carbons (Fsp3) is 0.200. The van der Waals surface area contributed by atoms with E-state index in [-0.39, 0.29) is 18.1 Å². The quantitative estimate of drug-likeness (QED) is 0.767. The molecule has 0 atom stereocenters. The zero-order valence-electron chi connectivity index (χ0n) is 14.7. The van der Waals surface area contributed by atoms with Gasteiger partial charge in [0, 0.05) is 6.07 Å². The van der Waals surface area contributed by atoms with E-state index in [0.29, 0.717) is 28.6 Å². The maximum Gasteiger partial charge on any atom is 0.232 e. The first-order chi connectivity index (χ1) is 12.6. The molecule has 6 heteroatoms. The number of benzene rings is 2. The Balaban J connectivity index is 1.93. The van der Waals surface area contributed by atoms with E-state index < -0.39 is 0 Å². The molecule has 0 bridgehead atoms. The molecule has 0 amide bonds. The zero-order chi connectivity index (χ0) is 18.7. The third-order valence-corrected chi connectivity index (χ3v) is 3.95. The van der Waals surface area contributed by atoms with E-state index in [1.54, 1.807) is 51.5 Å². The van der Waals surface area contributed by atoms with Crippen LogP contribution in [0.3, 0.4) is 0 Å². The van der Waals surface area contributed by atoms with Gasteiger partial charge in [-0.15, -0.1) is 0 Å². The number of rotatable bonds is 5. The number of nitriles is 1. The van der Waals surface area contributed by atoms with E-state index in [1.165, 1.54) is 0 Å². The van der Waals surface area contributed by atoms with Crippen LogP contribution in [0.5, 0.6) is 23.0 Å². The minimum Gasteiger partial charge on any atom is -0.493 e. The van der Waals surface area contributed by atoms with Crippen molar-refractivity contribution in [3.63, 3.8) is 0 Å². The fourth-order valence-corrected chi connectivity index (χ4v) is 2.77. The lowest BCUT2D eigenvalue weighted by Gasteiger charge is -2.08. The van der Waals surface area contributed by atoms with Crippen LogP contribution in [0.15, 0.2) is 36.1 Å². The SMILES string of the molecule is COc1ccc(/C=C2\Oc3cc(OCC#N)cc(C)c3C2=O)cc1OC. The molecule has 1 aliphatic rings. The second kappa shape index (κ2) is 7.19. The Bertz CT molecular complexity index is 940. The zero-order valence-corrected chi connectivity index (χ0v) is 14.7. The molecule has 6 nitrogen and oxygen atoms in total. The number of hydrogen-bond acceptors (Lipinski definition) is 6. The molecule has 0 fully saturated rings. The summed E-state index contributed by atoms with van der Waals surface area (Å²) in [7, 11) is 3.11. The number of hydrogen-bond donors (Lipinski definition) is 0. The predicted molar refractivity (Wildman–Crippen MR) is 94.8 cm³/mol.